The van der Waals surface area contributed by atoms with Crippen LogP contribution in [0.4, 0.5) is 4.39 Å². The lowest BCUT2D eigenvalue weighted by molar-refractivity contribution is -0.0920. The number of benzene rings is 1. The van der Waals surface area contributed by atoms with Crippen LogP contribution in [0.3, 0.4) is 0 Å². The van der Waals surface area contributed by atoms with Crippen molar-refractivity contribution in [3.8, 4) is 5.75 Å². The van der Waals surface area contributed by atoms with Crippen molar-refractivity contribution >= 4 is 23.4 Å². The van der Waals surface area contributed by atoms with Crippen LogP contribution in [0.1, 0.15) is 32.8 Å². The molecule has 1 saturated heterocycles. The van der Waals surface area contributed by atoms with Crippen molar-refractivity contribution in [1.29, 1.82) is 0 Å². The molecule has 29 heavy (non-hydrogen) atoms. The fourth-order valence-corrected chi connectivity index (χ4v) is 3.60. The second-order valence-electron chi connectivity index (χ2n) is 6.83. The van der Waals surface area contributed by atoms with Gasteiger partial charge in [-0.15, -0.1) is 0 Å². The van der Waals surface area contributed by atoms with Gasteiger partial charge in [0.2, 0.25) is 5.43 Å². The van der Waals surface area contributed by atoms with Crippen LogP contribution >= 0.6 is 11.6 Å². The molecule has 0 saturated carbocycles. The molecule has 2 aliphatic rings. The van der Waals surface area contributed by atoms with E-state index in [-0.39, 0.29) is 29.4 Å². The fourth-order valence-electron chi connectivity index (χ4n) is 3.48. The Balaban J connectivity index is 1.60. The summed E-state index contributed by atoms with van der Waals surface area (Å²) >= 11 is 5.63. The lowest BCUT2D eigenvalue weighted by Crippen LogP contribution is -2.53. The quantitative estimate of drug-likeness (QED) is 0.781. The number of amides is 2. The Labute approximate surface area is 169 Å². The summed E-state index contributed by atoms with van der Waals surface area (Å²) in [5, 5.41) is 12.8. The Hall–Kier alpha value is -2.91. The van der Waals surface area contributed by atoms with Gasteiger partial charge < -0.3 is 24.6 Å². The van der Waals surface area contributed by atoms with Crippen LogP contribution in [0, 0.1) is 5.82 Å². The zero-order chi connectivity index (χ0) is 20.7. The molecule has 4 rings (SSSR count). The highest BCUT2D eigenvalue weighted by atomic mass is 35.5. The van der Waals surface area contributed by atoms with E-state index in [1.165, 1.54) is 33.9 Å². The average molecular weight is 422 g/mol. The largest absolute Gasteiger partial charge is 0.503 e. The molecule has 2 aliphatic heterocycles. The van der Waals surface area contributed by atoms with Crippen LogP contribution in [0.25, 0.3) is 0 Å². The second kappa shape index (κ2) is 7.49. The third-order valence-electron chi connectivity index (χ3n) is 4.96. The van der Waals surface area contributed by atoms with Gasteiger partial charge in [0.05, 0.1) is 18.2 Å². The first-order valence-corrected chi connectivity index (χ1v) is 9.35. The number of hydrogen-bond acceptors (Lipinski definition) is 5. The van der Waals surface area contributed by atoms with Gasteiger partial charge in [-0.2, -0.15) is 0 Å². The van der Waals surface area contributed by atoms with Gasteiger partial charge in [-0.25, -0.2) is 4.39 Å². The molecule has 0 radical (unpaired) electrons. The zero-order valence-electron chi connectivity index (χ0n) is 15.2. The lowest BCUT2D eigenvalue weighted by Gasteiger charge is -2.40. The summed E-state index contributed by atoms with van der Waals surface area (Å²) < 4.78 is 20.5. The molecule has 1 atom stereocenters. The van der Waals surface area contributed by atoms with Crippen LogP contribution < -0.4 is 10.7 Å². The minimum absolute atomic E-state index is 0.0402. The van der Waals surface area contributed by atoms with Crippen molar-refractivity contribution < 1.29 is 23.8 Å². The van der Waals surface area contributed by atoms with E-state index in [1.807, 2.05) is 0 Å². The van der Waals surface area contributed by atoms with E-state index < -0.39 is 35.0 Å². The third kappa shape index (κ3) is 3.47. The minimum Gasteiger partial charge on any atom is -0.503 e. The molecule has 0 aliphatic carbocycles. The molecule has 2 aromatic rings. The van der Waals surface area contributed by atoms with E-state index in [4.69, 9.17) is 16.3 Å². The van der Waals surface area contributed by atoms with Crippen molar-refractivity contribution in [2.24, 2.45) is 0 Å². The molecule has 2 N–H and O–H groups in total. The Morgan fingerprint density at radius 2 is 2.17 bits per heavy atom. The number of nitrogens with one attached hydrogen (secondary N) is 1. The first-order chi connectivity index (χ1) is 13.9. The number of halogens is 2. The standard InChI is InChI=1S/C19H17ClFN3O5/c20-12-3-2-10(6-13(12)21)7-22-18(27)11-8-23-9-14-24(4-1-5-29-14)19(28)15(23)17(26)16(11)25/h2-3,6,8,14,26H,1,4-5,7,9H2,(H,22,27). The molecule has 1 unspecified atom stereocenters. The van der Waals surface area contributed by atoms with Crippen molar-refractivity contribution in [3.05, 3.63) is 62.3 Å². The first-order valence-electron chi connectivity index (χ1n) is 8.98. The molecule has 0 spiro atoms. The van der Waals surface area contributed by atoms with E-state index in [2.05, 4.69) is 5.32 Å². The van der Waals surface area contributed by atoms with Crippen LogP contribution in [0.5, 0.6) is 5.75 Å². The number of ether oxygens (including phenoxy) is 1. The number of aromatic hydroxyl groups is 1. The number of hydrogen-bond donors (Lipinski definition) is 2. The summed E-state index contributed by atoms with van der Waals surface area (Å²) in [7, 11) is 0. The Kier molecular flexibility index (Phi) is 5.01. The second-order valence-corrected chi connectivity index (χ2v) is 7.24. The number of aromatic nitrogens is 1. The Morgan fingerprint density at radius 3 is 2.93 bits per heavy atom. The predicted octanol–water partition coefficient (Wildman–Crippen LogP) is 1.48. The number of carbonyl (C=O) groups is 2. The number of carbonyl (C=O) groups excluding carboxylic acids is 2. The van der Waals surface area contributed by atoms with Gasteiger partial charge >= 0.3 is 0 Å². The normalized spacial score (nSPS) is 18.2. The first kappa shape index (κ1) is 19.4. The van der Waals surface area contributed by atoms with Gasteiger partial charge in [-0.3, -0.25) is 14.4 Å². The van der Waals surface area contributed by atoms with Crippen LogP contribution in [-0.4, -0.2) is 45.8 Å². The van der Waals surface area contributed by atoms with Crippen LogP contribution in [0.15, 0.2) is 29.2 Å². The highest BCUT2D eigenvalue weighted by molar-refractivity contribution is 6.30. The topological polar surface area (TPSA) is 101 Å². The third-order valence-corrected chi connectivity index (χ3v) is 5.26. The zero-order valence-corrected chi connectivity index (χ0v) is 15.9. The monoisotopic (exact) mass is 421 g/mol. The molecular weight excluding hydrogens is 405 g/mol. The highest BCUT2D eigenvalue weighted by Crippen LogP contribution is 2.26. The van der Waals surface area contributed by atoms with Gasteiger partial charge in [0.1, 0.15) is 11.4 Å². The molecule has 8 nitrogen and oxygen atoms in total. The average Bonchev–Trinajstić information content (AvgIpc) is 2.71. The number of pyridine rings is 1. The molecule has 0 bridgehead atoms. The maximum Gasteiger partial charge on any atom is 0.276 e. The van der Waals surface area contributed by atoms with Gasteiger partial charge in [-0.1, -0.05) is 17.7 Å². The molecule has 10 heteroatoms. The van der Waals surface area contributed by atoms with Crippen molar-refractivity contribution in [2.75, 3.05) is 13.2 Å². The van der Waals surface area contributed by atoms with E-state index in [1.54, 1.807) is 0 Å². The lowest BCUT2D eigenvalue weighted by atomic mass is 10.1. The molecule has 1 fully saturated rings. The van der Waals surface area contributed by atoms with Crippen LogP contribution in [0.2, 0.25) is 5.02 Å². The number of nitrogens with zero attached hydrogens (tertiary/aromatic N) is 2. The van der Waals surface area contributed by atoms with E-state index in [0.29, 0.717) is 25.1 Å². The van der Waals surface area contributed by atoms with Gasteiger partial charge in [0.25, 0.3) is 11.8 Å². The van der Waals surface area contributed by atoms with E-state index in [9.17, 15) is 23.9 Å². The summed E-state index contributed by atoms with van der Waals surface area (Å²) in [5.41, 5.74) is -0.976. The summed E-state index contributed by atoms with van der Waals surface area (Å²) in [4.78, 5) is 39.1. The van der Waals surface area contributed by atoms with Crippen LogP contribution in [-0.2, 0) is 17.8 Å². The van der Waals surface area contributed by atoms with E-state index in [0.717, 1.165) is 0 Å². The highest BCUT2D eigenvalue weighted by Gasteiger charge is 2.38. The smallest absolute Gasteiger partial charge is 0.276 e. The predicted molar refractivity (Wildman–Crippen MR) is 100 cm³/mol. The molecule has 1 aromatic carbocycles. The number of fused-ring (bicyclic) bond motifs is 2. The number of rotatable bonds is 3. The SMILES string of the molecule is O=C(NCc1ccc(Cl)c(F)c1)c1cn2c(c(O)c1=O)C(=O)N1CCCOC1C2. The molecular formula is C19H17ClFN3O5. The maximum absolute atomic E-state index is 13.5. The van der Waals surface area contributed by atoms with Gasteiger partial charge in [0, 0.05) is 19.3 Å². The Morgan fingerprint density at radius 1 is 1.38 bits per heavy atom. The van der Waals surface area contributed by atoms with Gasteiger partial charge in [-0.05, 0) is 24.1 Å². The fraction of sp³-hybridized carbons (Fsp3) is 0.316. The van der Waals surface area contributed by atoms with Crippen molar-refractivity contribution in [3.63, 3.8) is 0 Å². The molecule has 2 amide bonds. The van der Waals surface area contributed by atoms with Crippen molar-refractivity contribution in [2.45, 2.75) is 25.7 Å². The molecule has 3 heterocycles. The molecule has 1 aromatic heterocycles. The maximum atomic E-state index is 13.5. The summed E-state index contributed by atoms with van der Waals surface area (Å²) in [6, 6.07) is 4.07. The van der Waals surface area contributed by atoms with E-state index >= 15 is 0 Å². The minimum atomic E-state index is -0.944. The summed E-state index contributed by atoms with van der Waals surface area (Å²) in [6.45, 7) is 1.11. The summed E-state index contributed by atoms with van der Waals surface area (Å²) in [5.74, 6) is -2.67. The Bertz CT molecular complexity index is 1070. The van der Waals surface area contributed by atoms with Crippen molar-refractivity contribution in [1.82, 2.24) is 14.8 Å². The molecule has 152 valence electrons. The summed E-state index contributed by atoms with van der Waals surface area (Å²) in [6.07, 6.45) is 1.39. The van der Waals surface area contributed by atoms with Gasteiger partial charge in [0.15, 0.2) is 17.7 Å².